The summed E-state index contributed by atoms with van der Waals surface area (Å²) in [6, 6.07) is -1.01. The van der Waals surface area contributed by atoms with Crippen LogP contribution in [0.5, 0.6) is 0 Å². The van der Waals surface area contributed by atoms with Crippen molar-refractivity contribution >= 4 is 13.7 Å². The lowest BCUT2D eigenvalue weighted by molar-refractivity contribution is -0.124. The molecule has 0 aromatic carbocycles. The van der Waals surface area contributed by atoms with Crippen LogP contribution in [0.1, 0.15) is 194 Å². The van der Waals surface area contributed by atoms with Gasteiger partial charge in [0.05, 0.1) is 37.9 Å². The van der Waals surface area contributed by atoms with Crippen molar-refractivity contribution in [3.05, 3.63) is 60.8 Å². The summed E-state index contributed by atoms with van der Waals surface area (Å²) in [7, 11) is -4.41. The fourth-order valence-corrected chi connectivity index (χ4v) is 7.18. The number of nitrogens with two attached hydrogens (primary N) is 1. The molecule has 0 radical (unpaired) electrons. The minimum atomic E-state index is -4.41. The predicted octanol–water partition coefficient (Wildman–Crippen LogP) is 12.0. The third-order valence-electron chi connectivity index (χ3n) is 9.86. The zero-order chi connectivity index (χ0) is 41.9. The number of carbonyl (C=O) groups excluding carboxylic acids is 1. The first kappa shape index (κ1) is 55.2. The molecule has 0 aromatic rings. The summed E-state index contributed by atoms with van der Waals surface area (Å²) in [5.74, 6) is -0.463. The molecule has 0 heterocycles. The van der Waals surface area contributed by atoms with E-state index in [1.165, 1.54) is 103 Å². The Bertz CT molecular complexity index is 1090. The van der Waals surface area contributed by atoms with Crippen molar-refractivity contribution in [2.75, 3.05) is 19.8 Å². The molecule has 0 spiro atoms. The molecular weight excluding hydrogens is 735 g/mol. The minimum absolute atomic E-state index is 0.0403. The molecule has 332 valence electrons. The Morgan fingerprint density at radius 3 is 1.65 bits per heavy atom. The van der Waals surface area contributed by atoms with Gasteiger partial charge in [-0.25, -0.2) is 4.57 Å². The number of aliphatic hydroxyl groups is 2. The SMILES string of the molecule is CC/C=C\C/C=C\CCCCCCCCCCCCCCC(O)CC(=O)NC(COP(=O)(O)OCCN)C(O)/C=C/CC/C=C/CC/C=C/CCCCCCCC. The molecule has 4 atom stereocenters. The van der Waals surface area contributed by atoms with Gasteiger partial charge in [-0.1, -0.05) is 177 Å². The molecule has 6 N–H and O–H groups in total. The quantitative estimate of drug-likeness (QED) is 0.0232. The standard InChI is InChI=1S/C47H87N2O7P/c1-3-5-7-9-11-13-15-17-19-21-22-23-24-26-28-30-32-34-36-38-44(50)42-47(52)49-45(43-56-57(53,54)55-41-40-48)46(51)39-37-35-33-31-29-27-25-20-18-16-14-12-10-8-6-4-2/h5,7,11,13,18,20,29,31,37,39,44-46,50-51H,3-4,6,8-10,12,14-17,19,21-28,30,32-36,38,40-43,48H2,1-2H3,(H,49,52)(H,53,54)/b7-5-,13-11-,20-18+,31-29+,39-37+. The second kappa shape index (κ2) is 42.3. The van der Waals surface area contributed by atoms with Crippen LogP contribution in [0.25, 0.3) is 0 Å². The molecule has 0 aliphatic carbocycles. The largest absolute Gasteiger partial charge is 0.472 e. The number of hydrogen-bond acceptors (Lipinski definition) is 7. The minimum Gasteiger partial charge on any atom is -0.393 e. The number of allylic oxidation sites excluding steroid dienone is 9. The molecule has 9 nitrogen and oxygen atoms in total. The average molecular weight is 823 g/mol. The van der Waals surface area contributed by atoms with Gasteiger partial charge in [0.15, 0.2) is 0 Å². The van der Waals surface area contributed by atoms with E-state index < -0.39 is 38.6 Å². The van der Waals surface area contributed by atoms with Crippen LogP contribution in [0.15, 0.2) is 60.8 Å². The van der Waals surface area contributed by atoms with Gasteiger partial charge in [0.1, 0.15) is 0 Å². The number of carbonyl (C=O) groups is 1. The van der Waals surface area contributed by atoms with Crippen molar-refractivity contribution in [3.8, 4) is 0 Å². The maximum atomic E-state index is 12.8. The fraction of sp³-hybridized carbons (Fsp3) is 0.766. The summed E-state index contributed by atoms with van der Waals surface area (Å²) in [6.45, 7) is 3.83. The molecule has 0 saturated heterocycles. The van der Waals surface area contributed by atoms with Crippen molar-refractivity contribution in [2.45, 2.75) is 212 Å². The lowest BCUT2D eigenvalue weighted by Crippen LogP contribution is -2.46. The highest BCUT2D eigenvalue weighted by Gasteiger charge is 2.27. The van der Waals surface area contributed by atoms with Crippen LogP contribution in [0, 0.1) is 0 Å². The first-order valence-corrected chi connectivity index (χ1v) is 24.5. The van der Waals surface area contributed by atoms with Crippen LogP contribution in [0.4, 0.5) is 0 Å². The maximum absolute atomic E-state index is 12.8. The lowest BCUT2D eigenvalue weighted by atomic mass is 10.0. The summed E-state index contributed by atoms with van der Waals surface area (Å²) in [4.78, 5) is 22.8. The van der Waals surface area contributed by atoms with E-state index in [0.717, 1.165) is 57.8 Å². The first-order valence-electron chi connectivity index (χ1n) is 23.0. The summed E-state index contributed by atoms with van der Waals surface area (Å²) < 4.78 is 22.1. The van der Waals surface area contributed by atoms with Gasteiger partial charge < -0.3 is 26.2 Å². The molecule has 10 heteroatoms. The van der Waals surface area contributed by atoms with Gasteiger partial charge in [0.2, 0.25) is 5.91 Å². The van der Waals surface area contributed by atoms with Crippen LogP contribution < -0.4 is 11.1 Å². The Balaban J connectivity index is 4.32. The van der Waals surface area contributed by atoms with Gasteiger partial charge in [0.25, 0.3) is 0 Å². The summed E-state index contributed by atoms with van der Waals surface area (Å²) in [6.07, 6.45) is 50.2. The third kappa shape index (κ3) is 40.7. The third-order valence-corrected chi connectivity index (χ3v) is 10.8. The molecule has 4 unspecified atom stereocenters. The molecule has 0 rings (SSSR count). The Morgan fingerprint density at radius 2 is 1.11 bits per heavy atom. The topological polar surface area (TPSA) is 151 Å². The molecule has 0 aliphatic rings. The molecule has 0 bridgehead atoms. The van der Waals surface area contributed by atoms with Gasteiger partial charge >= 0.3 is 7.82 Å². The first-order chi connectivity index (χ1) is 27.8. The van der Waals surface area contributed by atoms with E-state index in [4.69, 9.17) is 14.8 Å². The number of aliphatic hydroxyl groups excluding tert-OH is 2. The predicted molar refractivity (Wildman–Crippen MR) is 241 cm³/mol. The van der Waals surface area contributed by atoms with Crippen LogP contribution in [0.2, 0.25) is 0 Å². The monoisotopic (exact) mass is 823 g/mol. The van der Waals surface area contributed by atoms with E-state index in [2.05, 4.69) is 67.8 Å². The van der Waals surface area contributed by atoms with E-state index in [1.54, 1.807) is 6.08 Å². The normalized spacial score (nSPS) is 15.1. The number of amides is 1. The van der Waals surface area contributed by atoms with Gasteiger partial charge in [-0.3, -0.25) is 13.8 Å². The highest BCUT2D eigenvalue weighted by molar-refractivity contribution is 7.47. The Labute approximate surface area is 349 Å². The van der Waals surface area contributed by atoms with E-state index in [1.807, 2.05) is 6.08 Å². The highest BCUT2D eigenvalue weighted by Crippen LogP contribution is 2.43. The number of phosphoric acid groups is 1. The number of hydrogen-bond donors (Lipinski definition) is 5. The van der Waals surface area contributed by atoms with Gasteiger partial charge in [-0.2, -0.15) is 0 Å². The Hall–Kier alpha value is -1.84. The second-order valence-corrected chi connectivity index (χ2v) is 16.9. The van der Waals surface area contributed by atoms with Crippen molar-refractivity contribution < 1.29 is 33.5 Å². The lowest BCUT2D eigenvalue weighted by Gasteiger charge is -2.24. The number of nitrogens with one attached hydrogen (secondary N) is 1. The van der Waals surface area contributed by atoms with E-state index in [-0.39, 0.29) is 19.6 Å². The fourth-order valence-electron chi connectivity index (χ4n) is 6.42. The molecule has 0 fully saturated rings. The Kier molecular flexibility index (Phi) is 40.9. The molecule has 57 heavy (non-hydrogen) atoms. The summed E-state index contributed by atoms with van der Waals surface area (Å²) in [5.41, 5.74) is 5.36. The number of rotatable bonds is 42. The molecular formula is C47H87N2O7P. The van der Waals surface area contributed by atoms with E-state index >= 15 is 0 Å². The van der Waals surface area contributed by atoms with Gasteiger partial charge in [-0.15, -0.1) is 0 Å². The second-order valence-electron chi connectivity index (χ2n) is 15.4. The smallest absolute Gasteiger partial charge is 0.393 e. The van der Waals surface area contributed by atoms with Crippen LogP contribution in [-0.4, -0.2) is 59.0 Å². The van der Waals surface area contributed by atoms with Crippen LogP contribution in [0.3, 0.4) is 0 Å². The molecule has 0 aromatic heterocycles. The van der Waals surface area contributed by atoms with Crippen molar-refractivity contribution in [1.82, 2.24) is 5.32 Å². The Morgan fingerprint density at radius 1 is 0.632 bits per heavy atom. The summed E-state index contributed by atoms with van der Waals surface area (Å²) >= 11 is 0. The van der Waals surface area contributed by atoms with E-state index in [9.17, 15) is 24.5 Å². The van der Waals surface area contributed by atoms with Crippen molar-refractivity contribution in [3.63, 3.8) is 0 Å². The van der Waals surface area contributed by atoms with Crippen LogP contribution in [-0.2, 0) is 18.4 Å². The number of unbranched alkanes of at least 4 members (excludes halogenated alkanes) is 20. The van der Waals surface area contributed by atoms with Crippen molar-refractivity contribution in [1.29, 1.82) is 0 Å². The zero-order valence-corrected chi connectivity index (χ0v) is 37.3. The van der Waals surface area contributed by atoms with Crippen molar-refractivity contribution in [2.24, 2.45) is 5.73 Å². The number of phosphoric ester groups is 1. The molecule has 1 amide bonds. The van der Waals surface area contributed by atoms with E-state index in [0.29, 0.717) is 12.8 Å². The van der Waals surface area contributed by atoms with Gasteiger partial charge in [0, 0.05) is 6.54 Å². The zero-order valence-electron chi connectivity index (χ0n) is 36.4. The molecule has 0 saturated carbocycles. The van der Waals surface area contributed by atoms with Gasteiger partial charge in [-0.05, 0) is 70.6 Å². The average Bonchev–Trinajstić information content (AvgIpc) is 3.19. The van der Waals surface area contributed by atoms with Crippen LogP contribution >= 0.6 is 7.82 Å². The molecule has 0 aliphatic heterocycles. The highest BCUT2D eigenvalue weighted by atomic mass is 31.2. The maximum Gasteiger partial charge on any atom is 0.472 e. The summed E-state index contributed by atoms with van der Waals surface area (Å²) in [5, 5.41) is 24.1.